The van der Waals surface area contributed by atoms with Crippen molar-refractivity contribution in [1.29, 1.82) is 0 Å². The van der Waals surface area contributed by atoms with Crippen LogP contribution < -0.4 is 11.1 Å². The zero-order chi connectivity index (χ0) is 13.9. The molecule has 1 aliphatic carbocycles. The fourth-order valence-corrected chi connectivity index (χ4v) is 2.75. The Kier molecular flexibility index (Phi) is 3.60. The van der Waals surface area contributed by atoms with Gasteiger partial charge in [0.2, 0.25) is 0 Å². The van der Waals surface area contributed by atoms with E-state index in [1.54, 1.807) is 24.5 Å². The van der Waals surface area contributed by atoms with E-state index in [1.165, 1.54) is 0 Å². The Morgan fingerprint density at radius 1 is 1.25 bits per heavy atom. The molecule has 3 N–H and O–H groups in total. The number of nitrogens with one attached hydrogen (secondary N) is 1. The summed E-state index contributed by atoms with van der Waals surface area (Å²) in [5, 5.41) is 2.97. The molecule has 0 saturated heterocycles. The van der Waals surface area contributed by atoms with E-state index in [0.29, 0.717) is 18.0 Å². The number of aromatic nitrogens is 2. The lowest BCUT2D eigenvalue weighted by atomic mass is 10.0. The molecule has 3 rings (SSSR count). The van der Waals surface area contributed by atoms with Gasteiger partial charge in [0.15, 0.2) is 0 Å². The van der Waals surface area contributed by atoms with Gasteiger partial charge in [-0.25, -0.2) is 0 Å². The number of hydrogen-bond acceptors (Lipinski definition) is 4. The SMILES string of the molecule is NC1CCCC1CNC(=O)c1ccc2nccnc2c1. The summed E-state index contributed by atoms with van der Waals surface area (Å²) >= 11 is 0. The predicted octanol–water partition coefficient (Wildman–Crippen LogP) is 1.49. The molecular formula is C15H18N4O. The van der Waals surface area contributed by atoms with Gasteiger partial charge in [-0.15, -0.1) is 0 Å². The van der Waals surface area contributed by atoms with Crippen molar-refractivity contribution in [1.82, 2.24) is 15.3 Å². The minimum atomic E-state index is -0.0725. The molecule has 0 spiro atoms. The molecule has 20 heavy (non-hydrogen) atoms. The van der Waals surface area contributed by atoms with Gasteiger partial charge in [-0.1, -0.05) is 6.42 Å². The molecule has 1 aromatic heterocycles. The predicted molar refractivity (Wildman–Crippen MR) is 77.2 cm³/mol. The normalized spacial score (nSPS) is 22.1. The van der Waals surface area contributed by atoms with E-state index in [4.69, 9.17) is 5.73 Å². The third-order valence-electron chi connectivity index (χ3n) is 3.97. The lowest BCUT2D eigenvalue weighted by Gasteiger charge is -2.15. The minimum Gasteiger partial charge on any atom is -0.352 e. The van der Waals surface area contributed by atoms with Crippen LogP contribution in [0.1, 0.15) is 29.6 Å². The van der Waals surface area contributed by atoms with E-state index in [0.717, 1.165) is 30.3 Å². The monoisotopic (exact) mass is 270 g/mol. The van der Waals surface area contributed by atoms with E-state index in [2.05, 4.69) is 15.3 Å². The van der Waals surface area contributed by atoms with Gasteiger partial charge < -0.3 is 11.1 Å². The summed E-state index contributed by atoms with van der Waals surface area (Å²) in [6.07, 6.45) is 6.59. The van der Waals surface area contributed by atoms with Gasteiger partial charge in [-0.05, 0) is 37.0 Å². The van der Waals surface area contributed by atoms with Crippen LogP contribution in [0.4, 0.5) is 0 Å². The van der Waals surface area contributed by atoms with Crippen LogP contribution in [0.5, 0.6) is 0 Å². The molecule has 5 nitrogen and oxygen atoms in total. The summed E-state index contributed by atoms with van der Waals surface area (Å²) in [4.78, 5) is 20.6. The highest BCUT2D eigenvalue weighted by atomic mass is 16.1. The van der Waals surface area contributed by atoms with Gasteiger partial charge in [0.05, 0.1) is 11.0 Å². The zero-order valence-corrected chi connectivity index (χ0v) is 11.2. The quantitative estimate of drug-likeness (QED) is 0.885. The number of amides is 1. The highest BCUT2D eigenvalue weighted by molar-refractivity contribution is 5.97. The molecule has 0 radical (unpaired) electrons. The van der Waals surface area contributed by atoms with E-state index in [-0.39, 0.29) is 11.9 Å². The molecule has 0 bridgehead atoms. The Labute approximate surface area is 117 Å². The molecular weight excluding hydrogens is 252 g/mol. The van der Waals surface area contributed by atoms with Crippen molar-refractivity contribution in [3.8, 4) is 0 Å². The standard InChI is InChI=1S/C15H18N4O/c16-12-3-1-2-11(12)9-19-15(20)10-4-5-13-14(8-10)18-7-6-17-13/h4-8,11-12H,1-3,9,16H2,(H,19,20). The molecule has 1 aromatic carbocycles. The van der Waals surface area contributed by atoms with Gasteiger partial charge >= 0.3 is 0 Å². The van der Waals surface area contributed by atoms with Crippen molar-refractivity contribution < 1.29 is 4.79 Å². The lowest BCUT2D eigenvalue weighted by Crippen LogP contribution is -2.36. The number of carbonyl (C=O) groups excluding carboxylic acids is 1. The second-order valence-corrected chi connectivity index (χ2v) is 5.32. The van der Waals surface area contributed by atoms with Crippen LogP contribution >= 0.6 is 0 Å². The number of benzene rings is 1. The van der Waals surface area contributed by atoms with Crippen molar-refractivity contribution in [2.24, 2.45) is 11.7 Å². The highest BCUT2D eigenvalue weighted by Gasteiger charge is 2.24. The van der Waals surface area contributed by atoms with Crippen LogP contribution in [0, 0.1) is 5.92 Å². The molecule has 104 valence electrons. The first-order valence-corrected chi connectivity index (χ1v) is 6.98. The molecule has 2 unspecified atom stereocenters. The van der Waals surface area contributed by atoms with E-state index in [1.807, 2.05) is 6.07 Å². The highest BCUT2D eigenvalue weighted by Crippen LogP contribution is 2.23. The first-order chi connectivity index (χ1) is 9.74. The first-order valence-electron chi connectivity index (χ1n) is 6.98. The molecule has 1 saturated carbocycles. The molecule has 1 aliphatic rings. The summed E-state index contributed by atoms with van der Waals surface area (Å²) in [5.41, 5.74) is 8.15. The third kappa shape index (κ3) is 2.63. The zero-order valence-electron chi connectivity index (χ0n) is 11.2. The van der Waals surface area contributed by atoms with Crippen LogP contribution in [0.2, 0.25) is 0 Å². The van der Waals surface area contributed by atoms with Crippen molar-refractivity contribution in [3.63, 3.8) is 0 Å². The van der Waals surface area contributed by atoms with Crippen molar-refractivity contribution in [2.45, 2.75) is 25.3 Å². The maximum atomic E-state index is 12.2. The second kappa shape index (κ2) is 5.54. The summed E-state index contributed by atoms with van der Waals surface area (Å²) in [7, 11) is 0. The summed E-state index contributed by atoms with van der Waals surface area (Å²) < 4.78 is 0. The molecule has 1 amide bonds. The summed E-state index contributed by atoms with van der Waals surface area (Å²) in [6, 6.07) is 5.59. The van der Waals surface area contributed by atoms with Crippen LogP contribution in [-0.2, 0) is 0 Å². The van der Waals surface area contributed by atoms with Gasteiger partial charge in [-0.3, -0.25) is 14.8 Å². The smallest absolute Gasteiger partial charge is 0.251 e. The average molecular weight is 270 g/mol. The number of rotatable bonds is 3. The van der Waals surface area contributed by atoms with E-state index in [9.17, 15) is 4.79 Å². The van der Waals surface area contributed by atoms with Crippen molar-refractivity contribution in [2.75, 3.05) is 6.54 Å². The Morgan fingerprint density at radius 2 is 2.05 bits per heavy atom. The van der Waals surface area contributed by atoms with Gasteiger partial charge in [0.25, 0.3) is 5.91 Å². The maximum absolute atomic E-state index is 12.2. The van der Waals surface area contributed by atoms with Gasteiger partial charge in [0.1, 0.15) is 0 Å². The molecule has 5 heteroatoms. The number of hydrogen-bond donors (Lipinski definition) is 2. The first kappa shape index (κ1) is 13.0. The molecule has 1 fully saturated rings. The number of nitrogens with two attached hydrogens (primary N) is 1. The minimum absolute atomic E-state index is 0.0725. The fraction of sp³-hybridized carbons (Fsp3) is 0.400. The third-order valence-corrected chi connectivity index (χ3v) is 3.97. The number of fused-ring (bicyclic) bond motifs is 1. The van der Waals surface area contributed by atoms with Gasteiger partial charge in [0, 0.05) is 30.5 Å². The average Bonchev–Trinajstić information content (AvgIpc) is 2.89. The Morgan fingerprint density at radius 3 is 2.80 bits per heavy atom. The van der Waals surface area contributed by atoms with E-state index < -0.39 is 0 Å². The largest absolute Gasteiger partial charge is 0.352 e. The van der Waals surface area contributed by atoms with Crippen LogP contribution in [-0.4, -0.2) is 28.5 Å². The Bertz CT molecular complexity index is 628. The fourth-order valence-electron chi connectivity index (χ4n) is 2.75. The van der Waals surface area contributed by atoms with Crippen molar-refractivity contribution >= 4 is 16.9 Å². The van der Waals surface area contributed by atoms with Crippen LogP contribution in [0.15, 0.2) is 30.6 Å². The van der Waals surface area contributed by atoms with E-state index >= 15 is 0 Å². The number of carbonyl (C=O) groups is 1. The topological polar surface area (TPSA) is 80.9 Å². The van der Waals surface area contributed by atoms with Crippen LogP contribution in [0.3, 0.4) is 0 Å². The molecule has 2 atom stereocenters. The Hall–Kier alpha value is -2.01. The summed E-state index contributed by atoms with van der Waals surface area (Å²) in [5.74, 6) is 0.329. The molecule has 2 aromatic rings. The lowest BCUT2D eigenvalue weighted by molar-refractivity contribution is 0.0946. The maximum Gasteiger partial charge on any atom is 0.251 e. The van der Waals surface area contributed by atoms with Crippen LogP contribution in [0.25, 0.3) is 11.0 Å². The second-order valence-electron chi connectivity index (χ2n) is 5.32. The van der Waals surface area contributed by atoms with Gasteiger partial charge in [-0.2, -0.15) is 0 Å². The van der Waals surface area contributed by atoms with Crippen molar-refractivity contribution in [3.05, 3.63) is 36.2 Å². The molecule has 0 aliphatic heterocycles. The molecule has 1 heterocycles. The Balaban J connectivity index is 1.69. The number of nitrogens with zero attached hydrogens (tertiary/aromatic N) is 2. The summed E-state index contributed by atoms with van der Waals surface area (Å²) in [6.45, 7) is 0.651.